The molecule has 0 radical (unpaired) electrons. The molecule has 0 saturated carbocycles. The van der Waals surface area contributed by atoms with Crippen molar-refractivity contribution in [3.05, 3.63) is 102 Å². The Morgan fingerprint density at radius 2 is 1.39 bits per heavy atom. The van der Waals surface area contributed by atoms with Gasteiger partial charge in [0, 0.05) is 31.1 Å². The van der Waals surface area contributed by atoms with E-state index in [4.69, 9.17) is 4.74 Å². The third-order valence-corrected chi connectivity index (χ3v) is 6.02. The van der Waals surface area contributed by atoms with E-state index in [2.05, 4.69) is 29.6 Å². The lowest BCUT2D eigenvalue weighted by molar-refractivity contribution is -0.123. The summed E-state index contributed by atoms with van der Waals surface area (Å²) in [6.45, 7) is 2.15. The highest BCUT2D eigenvalue weighted by molar-refractivity contribution is 5.94. The number of hydrogen-bond donors (Lipinski definition) is 1. The first kappa shape index (κ1) is 22.6. The van der Waals surface area contributed by atoms with Gasteiger partial charge in [0.25, 0.3) is 11.8 Å². The van der Waals surface area contributed by atoms with Gasteiger partial charge in [-0.3, -0.25) is 9.59 Å². The summed E-state index contributed by atoms with van der Waals surface area (Å²) in [7, 11) is 0. The maximum atomic E-state index is 12.4. The van der Waals surface area contributed by atoms with Crippen LogP contribution in [0.15, 0.2) is 84.9 Å². The van der Waals surface area contributed by atoms with Gasteiger partial charge >= 0.3 is 0 Å². The molecule has 1 heterocycles. The van der Waals surface area contributed by atoms with Gasteiger partial charge in [-0.15, -0.1) is 0 Å². The number of carbonyl (C=O) groups is 2. The number of amides is 2. The zero-order chi connectivity index (χ0) is 22.9. The van der Waals surface area contributed by atoms with Crippen molar-refractivity contribution in [2.24, 2.45) is 0 Å². The van der Waals surface area contributed by atoms with Crippen LogP contribution >= 0.6 is 0 Å². The fraction of sp³-hybridized carbons (Fsp3) is 0.286. The van der Waals surface area contributed by atoms with Gasteiger partial charge in [-0.2, -0.15) is 0 Å². The zero-order valence-corrected chi connectivity index (χ0v) is 18.8. The minimum absolute atomic E-state index is 0.0548. The maximum absolute atomic E-state index is 12.4. The molecule has 1 fully saturated rings. The third kappa shape index (κ3) is 6.22. The highest BCUT2D eigenvalue weighted by atomic mass is 16.5. The van der Waals surface area contributed by atoms with E-state index < -0.39 is 0 Å². The number of rotatable bonds is 9. The van der Waals surface area contributed by atoms with Crippen LogP contribution in [0.5, 0.6) is 5.75 Å². The lowest BCUT2D eigenvalue weighted by atomic mass is 9.88. The predicted molar refractivity (Wildman–Crippen MR) is 129 cm³/mol. The van der Waals surface area contributed by atoms with Crippen LogP contribution in [0.2, 0.25) is 0 Å². The smallest absolute Gasteiger partial charge is 0.257 e. The molecule has 0 aromatic heterocycles. The largest absolute Gasteiger partial charge is 0.484 e. The van der Waals surface area contributed by atoms with Crippen LogP contribution in [0.3, 0.4) is 0 Å². The van der Waals surface area contributed by atoms with Crippen LogP contribution in [0.1, 0.15) is 46.7 Å². The number of ether oxygens (including phenoxy) is 1. The van der Waals surface area contributed by atoms with Crippen molar-refractivity contribution in [3.63, 3.8) is 0 Å². The average molecular weight is 443 g/mol. The van der Waals surface area contributed by atoms with Gasteiger partial charge in [0.15, 0.2) is 6.61 Å². The summed E-state index contributed by atoms with van der Waals surface area (Å²) in [5.74, 6) is 0.694. The number of carbonyl (C=O) groups excluding carboxylic acids is 2. The van der Waals surface area contributed by atoms with Crippen molar-refractivity contribution in [1.29, 1.82) is 0 Å². The maximum Gasteiger partial charge on any atom is 0.257 e. The minimum atomic E-state index is -0.160. The molecule has 0 bridgehead atoms. The van der Waals surface area contributed by atoms with Gasteiger partial charge in [-0.1, -0.05) is 60.7 Å². The molecule has 1 saturated heterocycles. The van der Waals surface area contributed by atoms with Gasteiger partial charge in [-0.25, -0.2) is 0 Å². The molecule has 0 spiro atoms. The summed E-state index contributed by atoms with van der Waals surface area (Å²) in [5.41, 5.74) is 3.12. The van der Waals surface area contributed by atoms with E-state index in [0.717, 1.165) is 32.4 Å². The Bertz CT molecular complexity index is 990. The fourth-order valence-electron chi connectivity index (χ4n) is 4.25. The molecule has 3 aromatic rings. The first-order valence-electron chi connectivity index (χ1n) is 11.6. The second-order valence-corrected chi connectivity index (χ2v) is 8.32. The van der Waals surface area contributed by atoms with Gasteiger partial charge in [0.2, 0.25) is 0 Å². The van der Waals surface area contributed by atoms with Crippen LogP contribution in [-0.2, 0) is 4.79 Å². The monoisotopic (exact) mass is 442 g/mol. The zero-order valence-electron chi connectivity index (χ0n) is 18.8. The Labute approximate surface area is 195 Å². The van der Waals surface area contributed by atoms with E-state index in [1.807, 2.05) is 41.3 Å². The Balaban J connectivity index is 1.25. The van der Waals surface area contributed by atoms with Crippen molar-refractivity contribution in [3.8, 4) is 5.75 Å². The van der Waals surface area contributed by atoms with E-state index >= 15 is 0 Å². The van der Waals surface area contributed by atoms with Crippen LogP contribution in [-0.4, -0.2) is 43.0 Å². The number of likely N-dealkylation sites (tertiary alicyclic amines) is 1. The van der Waals surface area contributed by atoms with Crippen molar-refractivity contribution in [1.82, 2.24) is 10.2 Å². The first-order valence-corrected chi connectivity index (χ1v) is 11.6. The lowest BCUT2D eigenvalue weighted by Gasteiger charge is -2.18. The lowest BCUT2D eigenvalue weighted by Crippen LogP contribution is -2.30. The van der Waals surface area contributed by atoms with Crippen molar-refractivity contribution in [2.75, 3.05) is 26.2 Å². The summed E-state index contributed by atoms with van der Waals surface area (Å²) < 4.78 is 5.62. The van der Waals surface area contributed by atoms with Gasteiger partial charge in [0.05, 0.1) is 0 Å². The van der Waals surface area contributed by atoms with Crippen molar-refractivity contribution < 1.29 is 14.3 Å². The SMILES string of the molecule is O=C(COc1ccc(C(=O)N2CCCC2)cc1)NCCC(c1ccccc1)c1ccccc1. The van der Waals surface area contributed by atoms with Crippen molar-refractivity contribution >= 4 is 11.8 Å². The quantitative estimate of drug-likeness (QED) is 0.525. The molecule has 1 aliphatic rings. The normalized spacial score (nSPS) is 13.2. The summed E-state index contributed by atoms with van der Waals surface area (Å²) in [6, 6.07) is 27.7. The van der Waals surface area contributed by atoms with E-state index in [1.165, 1.54) is 11.1 Å². The Kier molecular flexibility index (Phi) is 7.75. The Morgan fingerprint density at radius 3 is 1.97 bits per heavy atom. The highest BCUT2D eigenvalue weighted by Gasteiger charge is 2.19. The van der Waals surface area contributed by atoms with E-state index in [-0.39, 0.29) is 24.3 Å². The molecular weight excluding hydrogens is 412 g/mol. The summed E-state index contributed by atoms with van der Waals surface area (Å²) in [5, 5.41) is 2.96. The van der Waals surface area contributed by atoms with E-state index in [0.29, 0.717) is 17.9 Å². The van der Waals surface area contributed by atoms with Crippen LogP contribution < -0.4 is 10.1 Å². The van der Waals surface area contributed by atoms with E-state index in [1.54, 1.807) is 24.3 Å². The minimum Gasteiger partial charge on any atom is -0.484 e. The van der Waals surface area contributed by atoms with Gasteiger partial charge in [-0.05, 0) is 54.7 Å². The molecule has 3 aromatic carbocycles. The molecular formula is C28H30N2O3. The Morgan fingerprint density at radius 1 is 0.818 bits per heavy atom. The average Bonchev–Trinajstić information content (AvgIpc) is 3.41. The van der Waals surface area contributed by atoms with Gasteiger partial charge < -0.3 is 15.0 Å². The van der Waals surface area contributed by atoms with Crippen LogP contribution in [0.25, 0.3) is 0 Å². The summed E-state index contributed by atoms with van der Waals surface area (Å²) >= 11 is 0. The fourth-order valence-corrected chi connectivity index (χ4v) is 4.25. The number of hydrogen-bond acceptors (Lipinski definition) is 3. The predicted octanol–water partition coefficient (Wildman–Crippen LogP) is 4.64. The molecule has 170 valence electrons. The molecule has 5 heteroatoms. The third-order valence-electron chi connectivity index (χ3n) is 6.02. The standard InChI is InChI=1S/C28H30N2O3/c31-27(21-33-25-15-13-24(14-16-25)28(32)30-19-7-8-20-30)29-18-17-26(22-9-3-1-4-10-22)23-11-5-2-6-12-23/h1-6,9-16,26H,7-8,17-21H2,(H,29,31). The van der Waals surface area contributed by atoms with E-state index in [9.17, 15) is 9.59 Å². The molecule has 1 N–H and O–H groups in total. The molecule has 0 unspecified atom stereocenters. The molecule has 0 atom stereocenters. The molecule has 4 rings (SSSR count). The van der Waals surface area contributed by atoms with Crippen molar-refractivity contribution in [2.45, 2.75) is 25.2 Å². The van der Waals surface area contributed by atoms with Crippen LogP contribution in [0, 0.1) is 0 Å². The summed E-state index contributed by atoms with van der Waals surface area (Å²) in [6.07, 6.45) is 2.94. The Hall–Kier alpha value is -3.60. The molecule has 2 amide bonds. The number of nitrogens with one attached hydrogen (secondary N) is 1. The second kappa shape index (κ2) is 11.3. The van der Waals surface area contributed by atoms with Gasteiger partial charge in [0.1, 0.15) is 5.75 Å². The molecule has 33 heavy (non-hydrogen) atoms. The molecule has 1 aliphatic heterocycles. The second-order valence-electron chi connectivity index (χ2n) is 8.32. The topological polar surface area (TPSA) is 58.6 Å². The highest BCUT2D eigenvalue weighted by Crippen LogP contribution is 2.27. The number of benzene rings is 3. The summed E-state index contributed by atoms with van der Waals surface area (Å²) in [4.78, 5) is 26.6. The molecule has 0 aliphatic carbocycles. The number of nitrogens with zero attached hydrogens (tertiary/aromatic N) is 1. The molecule has 5 nitrogen and oxygen atoms in total. The first-order chi connectivity index (χ1) is 16.2. The van der Waals surface area contributed by atoms with Crippen LogP contribution in [0.4, 0.5) is 0 Å².